The smallest absolute Gasteiger partial charge is 0.0332 e. The van der Waals surface area contributed by atoms with Gasteiger partial charge in [-0.3, -0.25) is 0 Å². The third kappa shape index (κ3) is 2.43. The number of hydrogen-bond donors (Lipinski definition) is 0. The fraction of sp³-hybridized carbons (Fsp3) is 0. The van der Waals surface area contributed by atoms with Crippen LogP contribution in [0.25, 0.3) is 44.8 Å². The number of benzene rings is 4. The summed E-state index contributed by atoms with van der Waals surface area (Å²) in [6, 6.07) is 23.5. The molecule has 4 aromatic carbocycles. The van der Waals surface area contributed by atoms with Crippen LogP contribution in [0.4, 0.5) is 0 Å². The fourth-order valence-electron chi connectivity index (χ4n) is 3.58. The van der Waals surface area contributed by atoms with Crippen LogP contribution < -0.4 is 0 Å². The molecule has 0 nitrogen and oxygen atoms in total. The Morgan fingerprint density at radius 1 is 0.640 bits per heavy atom. The third-order valence-electron chi connectivity index (χ3n) is 4.70. The van der Waals surface area contributed by atoms with E-state index in [0.29, 0.717) is 0 Å². The molecule has 0 saturated carbocycles. The topological polar surface area (TPSA) is 0 Å². The zero-order chi connectivity index (χ0) is 17.4. The van der Waals surface area contributed by atoms with E-state index < -0.39 is 0 Å². The van der Waals surface area contributed by atoms with Crippen molar-refractivity contribution in [2.45, 2.75) is 0 Å². The third-order valence-corrected chi connectivity index (χ3v) is 5.55. The molecule has 4 aromatic rings. The van der Waals surface area contributed by atoms with Crippen LogP contribution in [0.1, 0.15) is 11.1 Å². The van der Waals surface area contributed by atoms with E-state index in [9.17, 15) is 0 Å². The Balaban J connectivity index is 2.26. The number of halogens is 1. The molecule has 0 aliphatic carbocycles. The predicted octanol–water partition coefficient (Wildman–Crippen LogP) is 7.71. The van der Waals surface area contributed by atoms with Crippen LogP contribution in [0, 0.1) is 0 Å². The van der Waals surface area contributed by atoms with E-state index in [1.54, 1.807) is 0 Å². The van der Waals surface area contributed by atoms with Crippen LogP contribution in [0.5, 0.6) is 0 Å². The van der Waals surface area contributed by atoms with Crippen LogP contribution in [-0.2, 0) is 0 Å². The Hall–Kier alpha value is -2.64. The number of fused-ring (bicyclic) bond motifs is 2. The second kappa shape index (κ2) is 6.34. The van der Waals surface area contributed by atoms with Gasteiger partial charge in [-0.2, -0.15) is 0 Å². The van der Waals surface area contributed by atoms with E-state index in [2.05, 4.69) is 95.8 Å². The molecule has 0 bridgehead atoms. The monoisotopic (exact) mass is 384 g/mol. The summed E-state index contributed by atoms with van der Waals surface area (Å²) in [4.78, 5) is 0. The molecule has 0 aliphatic heterocycles. The van der Waals surface area contributed by atoms with Gasteiger partial charge in [-0.1, -0.05) is 92.0 Å². The van der Waals surface area contributed by atoms with Crippen LogP contribution in [0.15, 0.2) is 84.4 Å². The van der Waals surface area contributed by atoms with Crippen molar-refractivity contribution in [3.05, 3.63) is 95.5 Å². The summed E-state index contributed by atoms with van der Waals surface area (Å²) in [6.07, 6.45) is 3.84. The average molecular weight is 385 g/mol. The summed E-state index contributed by atoms with van der Waals surface area (Å²) >= 11 is 3.77. The molecule has 0 aliphatic rings. The van der Waals surface area contributed by atoms with Crippen LogP contribution in [0.3, 0.4) is 0 Å². The second-order valence-electron chi connectivity index (χ2n) is 6.00. The van der Waals surface area contributed by atoms with Gasteiger partial charge in [-0.15, -0.1) is 0 Å². The first-order valence-corrected chi connectivity index (χ1v) is 9.02. The molecule has 0 fully saturated rings. The minimum Gasteiger partial charge on any atom is -0.0984 e. The highest BCUT2D eigenvalue weighted by molar-refractivity contribution is 9.10. The van der Waals surface area contributed by atoms with Crippen molar-refractivity contribution in [1.29, 1.82) is 0 Å². The van der Waals surface area contributed by atoms with Crippen molar-refractivity contribution in [3.8, 4) is 11.1 Å². The average Bonchev–Trinajstić information content (AvgIpc) is 2.67. The van der Waals surface area contributed by atoms with Crippen molar-refractivity contribution in [1.82, 2.24) is 0 Å². The lowest BCUT2D eigenvalue weighted by atomic mass is 9.87. The van der Waals surface area contributed by atoms with Gasteiger partial charge in [-0.25, -0.2) is 0 Å². The lowest BCUT2D eigenvalue weighted by Gasteiger charge is -2.18. The van der Waals surface area contributed by atoms with Crippen LogP contribution >= 0.6 is 15.9 Å². The van der Waals surface area contributed by atoms with Crippen LogP contribution in [-0.4, -0.2) is 0 Å². The fourth-order valence-corrected chi connectivity index (χ4v) is 4.30. The van der Waals surface area contributed by atoms with E-state index >= 15 is 0 Å². The molecule has 0 aromatic heterocycles. The maximum absolute atomic E-state index is 4.09. The van der Waals surface area contributed by atoms with Crippen molar-refractivity contribution < 1.29 is 0 Å². The van der Waals surface area contributed by atoms with Gasteiger partial charge in [0, 0.05) is 4.47 Å². The van der Waals surface area contributed by atoms with Gasteiger partial charge in [0.2, 0.25) is 0 Å². The van der Waals surface area contributed by atoms with E-state index in [-0.39, 0.29) is 0 Å². The summed E-state index contributed by atoms with van der Waals surface area (Å²) in [5.41, 5.74) is 4.62. The molecule has 0 unspecified atom stereocenters. The van der Waals surface area contributed by atoms with Gasteiger partial charge < -0.3 is 0 Å². The molecule has 0 spiro atoms. The van der Waals surface area contributed by atoms with Gasteiger partial charge in [0.15, 0.2) is 0 Å². The quantitative estimate of drug-likeness (QED) is 0.339. The normalized spacial score (nSPS) is 10.9. The van der Waals surface area contributed by atoms with Gasteiger partial charge in [-0.05, 0) is 59.7 Å². The number of hydrogen-bond acceptors (Lipinski definition) is 0. The first-order valence-electron chi connectivity index (χ1n) is 8.23. The van der Waals surface area contributed by atoms with Gasteiger partial charge in [0.25, 0.3) is 0 Å². The molecule has 0 N–H and O–H groups in total. The molecule has 0 saturated heterocycles. The van der Waals surface area contributed by atoms with Gasteiger partial charge >= 0.3 is 0 Å². The van der Waals surface area contributed by atoms with Crippen molar-refractivity contribution in [3.63, 3.8) is 0 Å². The van der Waals surface area contributed by atoms with E-state index in [4.69, 9.17) is 0 Å². The Labute approximate surface area is 156 Å². The van der Waals surface area contributed by atoms with Gasteiger partial charge in [0.05, 0.1) is 0 Å². The lowest BCUT2D eigenvalue weighted by Crippen LogP contribution is -1.93. The highest BCUT2D eigenvalue weighted by Crippen LogP contribution is 2.43. The molecular weight excluding hydrogens is 368 g/mol. The van der Waals surface area contributed by atoms with E-state index in [0.717, 1.165) is 15.6 Å². The largest absolute Gasteiger partial charge is 0.0984 e. The second-order valence-corrected chi connectivity index (χ2v) is 6.79. The predicted molar refractivity (Wildman–Crippen MR) is 115 cm³/mol. The maximum Gasteiger partial charge on any atom is 0.0332 e. The molecule has 4 rings (SSSR count). The highest BCUT2D eigenvalue weighted by atomic mass is 79.9. The van der Waals surface area contributed by atoms with Crippen LogP contribution in [0.2, 0.25) is 0 Å². The first-order chi connectivity index (χ1) is 12.3. The summed E-state index contributed by atoms with van der Waals surface area (Å²) < 4.78 is 1.07. The van der Waals surface area contributed by atoms with E-state index in [1.165, 1.54) is 32.7 Å². The zero-order valence-corrected chi connectivity index (χ0v) is 15.4. The van der Waals surface area contributed by atoms with Crippen molar-refractivity contribution in [2.24, 2.45) is 0 Å². The van der Waals surface area contributed by atoms with Crippen molar-refractivity contribution in [2.75, 3.05) is 0 Å². The van der Waals surface area contributed by atoms with E-state index in [1.807, 2.05) is 12.2 Å². The summed E-state index contributed by atoms with van der Waals surface area (Å²) in [6.45, 7) is 8.11. The molecule has 0 atom stereocenters. The minimum atomic E-state index is 1.07. The molecule has 0 amide bonds. The van der Waals surface area contributed by atoms with Gasteiger partial charge in [0.1, 0.15) is 0 Å². The Bertz CT molecular complexity index is 1130. The summed E-state index contributed by atoms with van der Waals surface area (Å²) in [5, 5.41) is 4.88. The zero-order valence-electron chi connectivity index (χ0n) is 13.8. The lowest BCUT2D eigenvalue weighted by molar-refractivity contribution is 1.60. The Morgan fingerprint density at radius 3 is 1.96 bits per heavy atom. The summed E-state index contributed by atoms with van der Waals surface area (Å²) in [5.74, 6) is 0. The molecule has 0 radical (unpaired) electrons. The Kier molecular flexibility index (Phi) is 4.03. The standard InChI is InChI=1S/C24H17Br/c1-3-17-18(4-2)24(25)22-14-8-7-13-21(22)23(17)20-15-9-11-16-10-5-6-12-19(16)20/h3-15H,1-2H2. The molecular formula is C24H17Br. The Morgan fingerprint density at radius 2 is 1.24 bits per heavy atom. The molecule has 1 heteroatoms. The highest BCUT2D eigenvalue weighted by Gasteiger charge is 2.17. The SMILES string of the molecule is C=Cc1c(C=C)c(-c2cccc3ccccc23)c2ccccc2c1Br. The molecule has 25 heavy (non-hydrogen) atoms. The molecule has 0 heterocycles. The van der Waals surface area contributed by atoms with Crippen molar-refractivity contribution >= 4 is 49.6 Å². The molecule has 120 valence electrons. The summed E-state index contributed by atoms with van der Waals surface area (Å²) in [7, 11) is 0. The number of rotatable bonds is 3. The maximum atomic E-state index is 4.09. The minimum absolute atomic E-state index is 1.07. The first kappa shape index (κ1) is 15.9.